The molecule has 2 atom stereocenters. The smallest absolute Gasteiger partial charge is 0.247 e. The first-order valence-electron chi connectivity index (χ1n) is 9.19. The Morgan fingerprint density at radius 3 is 2.62 bits per heavy atom. The molecule has 5 nitrogen and oxygen atoms in total. The van der Waals surface area contributed by atoms with Crippen molar-refractivity contribution in [3.63, 3.8) is 0 Å². The van der Waals surface area contributed by atoms with Crippen LogP contribution in [-0.2, 0) is 16.0 Å². The van der Waals surface area contributed by atoms with Crippen LogP contribution < -0.4 is 11.1 Å². The summed E-state index contributed by atoms with van der Waals surface area (Å²) in [6.45, 7) is 5.07. The zero-order valence-electron chi connectivity index (χ0n) is 15.3. The summed E-state index contributed by atoms with van der Waals surface area (Å²) >= 11 is 0. The highest BCUT2D eigenvalue weighted by Crippen LogP contribution is 2.27. The summed E-state index contributed by atoms with van der Waals surface area (Å²) in [6, 6.07) is 4.18. The van der Waals surface area contributed by atoms with Gasteiger partial charge in [-0.15, -0.1) is 0 Å². The monoisotopic (exact) mass is 359 g/mol. The Kier molecular flexibility index (Phi) is 5.41. The van der Waals surface area contributed by atoms with Crippen LogP contribution in [0.25, 0.3) is 6.08 Å². The van der Waals surface area contributed by atoms with E-state index in [1.165, 1.54) is 12.1 Å². The summed E-state index contributed by atoms with van der Waals surface area (Å²) in [6.07, 6.45) is 4.01. The number of nitrogens with zero attached hydrogens (tertiary/aromatic N) is 1. The number of nitrogens with two attached hydrogens (primary N) is 1. The average Bonchev–Trinajstić information content (AvgIpc) is 3.04. The van der Waals surface area contributed by atoms with Gasteiger partial charge in [0.1, 0.15) is 5.82 Å². The quantitative estimate of drug-likeness (QED) is 0.862. The Hall–Kier alpha value is -2.21. The number of hydrogen-bond donors (Lipinski definition) is 2. The fraction of sp³-hybridized carbons (Fsp3) is 0.500. The molecule has 1 aliphatic heterocycles. The number of fused-ring (bicyclic) bond motifs is 1. The largest absolute Gasteiger partial charge is 0.350 e. The molecule has 2 aliphatic rings. The van der Waals surface area contributed by atoms with E-state index >= 15 is 0 Å². The van der Waals surface area contributed by atoms with Gasteiger partial charge in [-0.2, -0.15) is 0 Å². The van der Waals surface area contributed by atoms with Gasteiger partial charge < -0.3 is 16.0 Å². The molecule has 6 heteroatoms. The highest BCUT2D eigenvalue weighted by molar-refractivity contribution is 6.00. The van der Waals surface area contributed by atoms with E-state index in [0.717, 1.165) is 24.0 Å². The lowest BCUT2D eigenvalue weighted by atomic mass is 9.90. The molecule has 26 heavy (non-hydrogen) atoms. The number of carbonyl (C=O) groups is 2. The summed E-state index contributed by atoms with van der Waals surface area (Å²) < 4.78 is 13.3. The fourth-order valence-electron chi connectivity index (χ4n) is 3.78. The normalized spacial score (nSPS) is 19.5. The van der Waals surface area contributed by atoms with Crippen LogP contribution >= 0.6 is 0 Å². The Labute approximate surface area is 153 Å². The van der Waals surface area contributed by atoms with Crippen molar-refractivity contribution >= 4 is 17.9 Å². The van der Waals surface area contributed by atoms with Crippen molar-refractivity contribution in [2.24, 2.45) is 11.7 Å². The molecule has 1 saturated heterocycles. The molecule has 0 saturated carbocycles. The SMILES string of the molecule is CC(NC(=O)C1=Cc2cc(F)ccc2C1)C1CCN(C(=O)[C@H](C)N)CC1. The first kappa shape index (κ1) is 18.6. The molecule has 1 aromatic carbocycles. The summed E-state index contributed by atoms with van der Waals surface area (Å²) in [4.78, 5) is 26.3. The van der Waals surface area contributed by atoms with E-state index in [-0.39, 0.29) is 23.7 Å². The number of benzene rings is 1. The second kappa shape index (κ2) is 7.58. The lowest BCUT2D eigenvalue weighted by Crippen LogP contribution is -2.49. The third-order valence-corrected chi connectivity index (χ3v) is 5.42. The van der Waals surface area contributed by atoms with Crippen LogP contribution in [0.2, 0.25) is 0 Å². The van der Waals surface area contributed by atoms with E-state index < -0.39 is 6.04 Å². The van der Waals surface area contributed by atoms with Crippen LogP contribution in [0.1, 0.15) is 37.8 Å². The zero-order valence-corrected chi connectivity index (χ0v) is 15.3. The summed E-state index contributed by atoms with van der Waals surface area (Å²) in [5.74, 6) is -0.0644. The fourth-order valence-corrected chi connectivity index (χ4v) is 3.78. The maximum absolute atomic E-state index is 13.3. The molecular formula is C20H26FN3O2. The predicted octanol–water partition coefficient (Wildman–Crippen LogP) is 1.86. The number of nitrogens with one attached hydrogen (secondary N) is 1. The van der Waals surface area contributed by atoms with Gasteiger partial charge in [-0.05, 0) is 61.9 Å². The number of carbonyl (C=O) groups excluding carboxylic acids is 2. The van der Waals surface area contributed by atoms with Crippen LogP contribution in [-0.4, -0.2) is 41.9 Å². The van der Waals surface area contributed by atoms with Gasteiger partial charge in [0.25, 0.3) is 0 Å². The molecule has 3 N–H and O–H groups in total. The zero-order chi connectivity index (χ0) is 18.8. The first-order chi connectivity index (χ1) is 12.3. The van der Waals surface area contributed by atoms with Crippen LogP contribution in [0.4, 0.5) is 4.39 Å². The lowest BCUT2D eigenvalue weighted by Gasteiger charge is -2.35. The average molecular weight is 359 g/mol. The van der Waals surface area contributed by atoms with Gasteiger partial charge in [-0.3, -0.25) is 9.59 Å². The molecule has 140 valence electrons. The number of amides is 2. The van der Waals surface area contributed by atoms with Crippen LogP contribution in [0.5, 0.6) is 0 Å². The number of hydrogen-bond acceptors (Lipinski definition) is 3. The van der Waals surface area contributed by atoms with Crippen LogP contribution in [0, 0.1) is 11.7 Å². The highest BCUT2D eigenvalue weighted by atomic mass is 19.1. The Bertz CT molecular complexity index is 737. The van der Waals surface area contributed by atoms with Gasteiger partial charge in [0.15, 0.2) is 0 Å². The van der Waals surface area contributed by atoms with Crippen molar-refractivity contribution in [3.05, 3.63) is 40.7 Å². The van der Waals surface area contributed by atoms with Crippen molar-refractivity contribution in [1.29, 1.82) is 0 Å². The molecule has 1 aliphatic carbocycles. The molecule has 0 aromatic heterocycles. The molecule has 0 bridgehead atoms. The minimum atomic E-state index is -0.468. The van der Waals surface area contributed by atoms with Crippen molar-refractivity contribution < 1.29 is 14.0 Å². The minimum absolute atomic E-state index is 0.0127. The molecule has 1 aromatic rings. The third kappa shape index (κ3) is 3.96. The summed E-state index contributed by atoms with van der Waals surface area (Å²) in [5, 5.41) is 3.08. The molecule has 1 unspecified atom stereocenters. The van der Waals surface area contributed by atoms with E-state index in [0.29, 0.717) is 31.0 Å². The number of rotatable bonds is 4. The second-order valence-electron chi connectivity index (χ2n) is 7.40. The van der Waals surface area contributed by atoms with Crippen molar-refractivity contribution in [2.75, 3.05) is 13.1 Å². The van der Waals surface area contributed by atoms with Crippen LogP contribution in [0.15, 0.2) is 23.8 Å². The molecule has 1 heterocycles. The number of likely N-dealkylation sites (tertiary alicyclic amines) is 1. The van der Waals surface area contributed by atoms with Crippen molar-refractivity contribution in [2.45, 2.75) is 45.2 Å². The highest BCUT2D eigenvalue weighted by Gasteiger charge is 2.29. The van der Waals surface area contributed by atoms with Crippen molar-refractivity contribution in [3.8, 4) is 0 Å². The van der Waals surface area contributed by atoms with E-state index in [9.17, 15) is 14.0 Å². The van der Waals surface area contributed by atoms with E-state index in [2.05, 4.69) is 5.32 Å². The Balaban J connectivity index is 1.53. The van der Waals surface area contributed by atoms with Crippen molar-refractivity contribution in [1.82, 2.24) is 10.2 Å². The van der Waals surface area contributed by atoms with Gasteiger partial charge in [-0.1, -0.05) is 6.07 Å². The predicted molar refractivity (Wildman–Crippen MR) is 98.6 cm³/mol. The van der Waals surface area contributed by atoms with Gasteiger partial charge >= 0.3 is 0 Å². The maximum Gasteiger partial charge on any atom is 0.247 e. The molecule has 0 radical (unpaired) electrons. The van der Waals surface area contributed by atoms with Gasteiger partial charge in [0, 0.05) is 31.1 Å². The van der Waals surface area contributed by atoms with E-state index in [1.807, 2.05) is 6.92 Å². The van der Waals surface area contributed by atoms with Gasteiger partial charge in [0.2, 0.25) is 11.8 Å². The van der Waals surface area contributed by atoms with E-state index in [1.54, 1.807) is 24.0 Å². The molecule has 2 amide bonds. The molecular weight excluding hydrogens is 333 g/mol. The Morgan fingerprint density at radius 2 is 1.96 bits per heavy atom. The third-order valence-electron chi connectivity index (χ3n) is 5.42. The molecule has 3 rings (SSSR count). The summed E-state index contributed by atoms with van der Waals surface area (Å²) in [5.41, 5.74) is 8.09. The number of halogens is 1. The topological polar surface area (TPSA) is 75.4 Å². The minimum Gasteiger partial charge on any atom is -0.350 e. The standard InChI is InChI=1S/C20H26FN3O2/c1-12(22)20(26)24-7-5-14(6-8-24)13(2)23-19(25)17-9-15-3-4-18(21)11-16(15)10-17/h3-4,10-14H,5-9,22H2,1-2H3,(H,23,25)/t12-,13?/m0/s1. The van der Waals surface area contributed by atoms with Crippen LogP contribution in [0.3, 0.4) is 0 Å². The summed E-state index contributed by atoms with van der Waals surface area (Å²) in [7, 11) is 0. The maximum atomic E-state index is 13.3. The molecule has 1 fully saturated rings. The van der Waals surface area contributed by atoms with Gasteiger partial charge in [-0.25, -0.2) is 4.39 Å². The van der Waals surface area contributed by atoms with Gasteiger partial charge in [0.05, 0.1) is 6.04 Å². The number of piperidine rings is 1. The van der Waals surface area contributed by atoms with E-state index in [4.69, 9.17) is 5.73 Å². The lowest BCUT2D eigenvalue weighted by molar-refractivity contribution is -0.134. The second-order valence-corrected chi connectivity index (χ2v) is 7.40. The molecule has 0 spiro atoms. The Morgan fingerprint density at radius 1 is 1.27 bits per heavy atom. The first-order valence-corrected chi connectivity index (χ1v) is 9.19.